The molecule has 3 nitrogen and oxygen atoms in total. The number of Topliss-reactive ketones (excluding diaryl/α,β-unsaturated/α-hetero) is 1. The Balaban J connectivity index is 2.35. The predicted molar refractivity (Wildman–Crippen MR) is 64.2 cm³/mol. The van der Waals surface area contributed by atoms with Gasteiger partial charge in [0.2, 0.25) is 0 Å². The quantitative estimate of drug-likeness (QED) is 0.762. The molecular formula is C13H17NO2. The van der Waals surface area contributed by atoms with Crippen molar-refractivity contribution in [3.05, 3.63) is 23.8 Å². The summed E-state index contributed by atoms with van der Waals surface area (Å²) in [4.78, 5) is 13.7. The van der Waals surface area contributed by atoms with E-state index in [0.29, 0.717) is 25.2 Å². The average molecular weight is 219 g/mol. The van der Waals surface area contributed by atoms with Crippen LogP contribution in [0.25, 0.3) is 0 Å². The Kier molecular flexibility index (Phi) is 3.13. The first kappa shape index (κ1) is 11.0. The number of hydrogen-bond acceptors (Lipinski definition) is 3. The van der Waals surface area contributed by atoms with E-state index in [0.717, 1.165) is 23.5 Å². The van der Waals surface area contributed by atoms with E-state index < -0.39 is 0 Å². The molecule has 1 aromatic carbocycles. The standard InChI is InChI=1S/C13H17NO2/c1-3-16-12-4-5-13-10(9-12)8-11(15)6-7-14(13)2/h4-5,9H,3,6-8H2,1-2H3. The van der Waals surface area contributed by atoms with Crippen LogP contribution in [0.2, 0.25) is 0 Å². The van der Waals surface area contributed by atoms with Crippen molar-refractivity contribution in [3.63, 3.8) is 0 Å². The number of rotatable bonds is 2. The second-order valence-corrected chi connectivity index (χ2v) is 4.11. The molecule has 0 amide bonds. The lowest BCUT2D eigenvalue weighted by atomic mass is 10.1. The fraction of sp³-hybridized carbons (Fsp3) is 0.462. The molecular weight excluding hydrogens is 202 g/mol. The lowest BCUT2D eigenvalue weighted by Gasteiger charge is -2.19. The molecule has 0 bridgehead atoms. The predicted octanol–water partition coefficient (Wildman–Crippen LogP) is 2.04. The van der Waals surface area contributed by atoms with Crippen LogP contribution >= 0.6 is 0 Å². The van der Waals surface area contributed by atoms with Crippen LogP contribution in [0, 0.1) is 0 Å². The molecule has 16 heavy (non-hydrogen) atoms. The van der Waals surface area contributed by atoms with Gasteiger partial charge in [0.15, 0.2) is 0 Å². The summed E-state index contributed by atoms with van der Waals surface area (Å²) in [5.74, 6) is 1.16. The van der Waals surface area contributed by atoms with Crippen LogP contribution in [-0.4, -0.2) is 26.0 Å². The first-order chi connectivity index (χ1) is 7.70. The van der Waals surface area contributed by atoms with Gasteiger partial charge in [0, 0.05) is 32.1 Å². The highest BCUT2D eigenvalue weighted by molar-refractivity contribution is 5.84. The van der Waals surface area contributed by atoms with Gasteiger partial charge in [-0.1, -0.05) is 0 Å². The maximum atomic E-state index is 11.6. The van der Waals surface area contributed by atoms with E-state index in [4.69, 9.17) is 4.74 Å². The Morgan fingerprint density at radius 3 is 3.00 bits per heavy atom. The molecule has 1 aliphatic heterocycles. The third kappa shape index (κ3) is 2.18. The van der Waals surface area contributed by atoms with Crippen molar-refractivity contribution in [1.29, 1.82) is 0 Å². The molecule has 2 rings (SSSR count). The van der Waals surface area contributed by atoms with E-state index in [1.54, 1.807) is 0 Å². The number of carbonyl (C=O) groups is 1. The summed E-state index contributed by atoms with van der Waals surface area (Å²) in [5.41, 5.74) is 2.23. The van der Waals surface area contributed by atoms with E-state index in [1.165, 1.54) is 0 Å². The molecule has 0 unspecified atom stereocenters. The summed E-state index contributed by atoms with van der Waals surface area (Å²) in [5, 5.41) is 0. The third-order valence-corrected chi connectivity index (χ3v) is 2.89. The SMILES string of the molecule is CCOc1ccc2c(c1)CC(=O)CCN2C. The number of fused-ring (bicyclic) bond motifs is 1. The second-order valence-electron chi connectivity index (χ2n) is 4.11. The molecule has 1 aliphatic rings. The maximum absolute atomic E-state index is 11.6. The van der Waals surface area contributed by atoms with E-state index in [1.807, 2.05) is 32.2 Å². The van der Waals surface area contributed by atoms with E-state index in [2.05, 4.69) is 4.90 Å². The number of anilines is 1. The highest BCUT2D eigenvalue weighted by Crippen LogP contribution is 2.27. The number of nitrogens with zero attached hydrogens (tertiary/aromatic N) is 1. The van der Waals surface area contributed by atoms with Crippen LogP contribution in [-0.2, 0) is 11.2 Å². The minimum Gasteiger partial charge on any atom is -0.494 e. The fourth-order valence-corrected chi connectivity index (χ4v) is 2.05. The first-order valence-corrected chi connectivity index (χ1v) is 5.69. The molecule has 0 saturated carbocycles. The maximum Gasteiger partial charge on any atom is 0.139 e. The zero-order valence-corrected chi connectivity index (χ0v) is 9.82. The number of ketones is 1. The Morgan fingerprint density at radius 2 is 2.25 bits per heavy atom. The van der Waals surface area contributed by atoms with Crippen LogP contribution < -0.4 is 9.64 Å². The van der Waals surface area contributed by atoms with Gasteiger partial charge in [-0.05, 0) is 30.7 Å². The van der Waals surface area contributed by atoms with Crippen molar-refractivity contribution in [1.82, 2.24) is 0 Å². The lowest BCUT2D eigenvalue weighted by Crippen LogP contribution is -2.18. The summed E-state index contributed by atoms with van der Waals surface area (Å²) in [7, 11) is 2.03. The summed E-state index contributed by atoms with van der Waals surface area (Å²) in [6.45, 7) is 3.42. The highest BCUT2D eigenvalue weighted by atomic mass is 16.5. The molecule has 1 heterocycles. The normalized spacial score (nSPS) is 15.6. The lowest BCUT2D eigenvalue weighted by molar-refractivity contribution is -0.118. The molecule has 3 heteroatoms. The second kappa shape index (κ2) is 4.56. The van der Waals surface area contributed by atoms with Gasteiger partial charge in [0.1, 0.15) is 11.5 Å². The fourth-order valence-electron chi connectivity index (χ4n) is 2.05. The Hall–Kier alpha value is -1.51. The van der Waals surface area contributed by atoms with Gasteiger partial charge >= 0.3 is 0 Å². The van der Waals surface area contributed by atoms with Gasteiger partial charge in [-0.15, -0.1) is 0 Å². The van der Waals surface area contributed by atoms with Gasteiger partial charge in [-0.2, -0.15) is 0 Å². The Labute approximate surface area is 96.0 Å². The number of ether oxygens (including phenoxy) is 1. The van der Waals surface area contributed by atoms with Crippen LogP contribution in [0.4, 0.5) is 5.69 Å². The highest BCUT2D eigenvalue weighted by Gasteiger charge is 2.17. The topological polar surface area (TPSA) is 29.5 Å². The number of benzene rings is 1. The van der Waals surface area contributed by atoms with Gasteiger partial charge < -0.3 is 9.64 Å². The molecule has 1 aromatic rings. The first-order valence-electron chi connectivity index (χ1n) is 5.69. The summed E-state index contributed by atoms with van der Waals surface area (Å²) in [6.07, 6.45) is 1.16. The number of carbonyl (C=O) groups excluding carboxylic acids is 1. The van der Waals surface area contributed by atoms with Crippen molar-refractivity contribution in [2.75, 3.05) is 25.1 Å². The van der Waals surface area contributed by atoms with Crippen molar-refractivity contribution in [2.45, 2.75) is 19.8 Å². The van der Waals surface area contributed by atoms with Gasteiger partial charge in [0.05, 0.1) is 6.61 Å². The Morgan fingerprint density at radius 1 is 1.44 bits per heavy atom. The molecule has 0 spiro atoms. The molecule has 0 atom stereocenters. The van der Waals surface area contributed by atoms with E-state index in [-0.39, 0.29) is 0 Å². The molecule has 0 aliphatic carbocycles. The number of hydrogen-bond donors (Lipinski definition) is 0. The minimum atomic E-state index is 0.305. The van der Waals surface area contributed by atoms with Crippen LogP contribution in [0.3, 0.4) is 0 Å². The molecule has 0 saturated heterocycles. The zero-order chi connectivity index (χ0) is 11.5. The Bertz CT molecular complexity index is 401. The third-order valence-electron chi connectivity index (χ3n) is 2.89. The van der Waals surface area contributed by atoms with Crippen molar-refractivity contribution in [2.24, 2.45) is 0 Å². The van der Waals surface area contributed by atoms with Crippen LogP contribution in [0.1, 0.15) is 18.9 Å². The summed E-state index contributed by atoms with van der Waals surface area (Å²) < 4.78 is 5.45. The summed E-state index contributed by atoms with van der Waals surface area (Å²) in [6, 6.07) is 5.99. The van der Waals surface area contributed by atoms with Gasteiger partial charge in [-0.25, -0.2) is 0 Å². The average Bonchev–Trinajstić information content (AvgIpc) is 2.39. The van der Waals surface area contributed by atoms with Crippen LogP contribution in [0.15, 0.2) is 18.2 Å². The molecule has 0 N–H and O–H groups in total. The van der Waals surface area contributed by atoms with Crippen molar-refractivity contribution < 1.29 is 9.53 Å². The molecule has 86 valence electrons. The van der Waals surface area contributed by atoms with E-state index in [9.17, 15) is 4.79 Å². The molecule has 0 aromatic heterocycles. The van der Waals surface area contributed by atoms with Gasteiger partial charge in [-0.3, -0.25) is 4.79 Å². The minimum absolute atomic E-state index is 0.305. The van der Waals surface area contributed by atoms with Crippen LogP contribution in [0.5, 0.6) is 5.75 Å². The summed E-state index contributed by atoms with van der Waals surface area (Å²) >= 11 is 0. The molecule has 0 radical (unpaired) electrons. The molecule has 0 fully saturated rings. The largest absolute Gasteiger partial charge is 0.494 e. The van der Waals surface area contributed by atoms with Crippen molar-refractivity contribution >= 4 is 11.5 Å². The van der Waals surface area contributed by atoms with Gasteiger partial charge in [0.25, 0.3) is 0 Å². The van der Waals surface area contributed by atoms with Crippen molar-refractivity contribution in [3.8, 4) is 5.75 Å². The van der Waals surface area contributed by atoms with E-state index >= 15 is 0 Å². The monoisotopic (exact) mass is 219 g/mol. The zero-order valence-electron chi connectivity index (χ0n) is 9.82. The smallest absolute Gasteiger partial charge is 0.139 e.